The van der Waals surface area contributed by atoms with Crippen molar-refractivity contribution in [3.63, 3.8) is 0 Å². The van der Waals surface area contributed by atoms with Gasteiger partial charge in [-0.15, -0.1) is 0 Å². The molecule has 2 aromatic rings. The van der Waals surface area contributed by atoms with Crippen LogP contribution in [-0.4, -0.2) is 24.3 Å². The predicted molar refractivity (Wildman–Crippen MR) is 108 cm³/mol. The van der Waals surface area contributed by atoms with Gasteiger partial charge in [-0.1, -0.05) is 36.2 Å². The van der Waals surface area contributed by atoms with Gasteiger partial charge in [0, 0.05) is 24.6 Å². The van der Waals surface area contributed by atoms with Gasteiger partial charge in [0.1, 0.15) is 0 Å². The standard InChI is InChI=1S/C23H25NO5/c1-16-5-7-17(8-6-16)13-22(26)27-15-21(25)24-18-9-10-19-20(14-18)29-23(28-19)11-3-2-4-12-23/h5-10,14H,2-4,11-13,15H2,1H3,(H,24,25). The molecule has 0 saturated heterocycles. The summed E-state index contributed by atoms with van der Waals surface area (Å²) in [5, 5.41) is 2.74. The average Bonchev–Trinajstić information content (AvgIpc) is 3.05. The lowest BCUT2D eigenvalue weighted by Crippen LogP contribution is -2.40. The van der Waals surface area contributed by atoms with Crippen LogP contribution in [0.2, 0.25) is 0 Å². The van der Waals surface area contributed by atoms with Crippen LogP contribution in [0.5, 0.6) is 11.5 Å². The first-order valence-electron chi connectivity index (χ1n) is 10.0. The number of benzene rings is 2. The van der Waals surface area contributed by atoms with Gasteiger partial charge in [-0.05, 0) is 37.5 Å². The number of hydrogen-bond donors (Lipinski definition) is 1. The summed E-state index contributed by atoms with van der Waals surface area (Å²) in [5.41, 5.74) is 2.56. The zero-order chi connectivity index (χ0) is 20.3. The minimum Gasteiger partial charge on any atom is -0.455 e. The molecule has 0 bridgehead atoms. The van der Waals surface area contributed by atoms with E-state index in [4.69, 9.17) is 14.2 Å². The van der Waals surface area contributed by atoms with E-state index < -0.39 is 17.7 Å². The molecule has 0 atom stereocenters. The Hall–Kier alpha value is -3.02. The quantitative estimate of drug-likeness (QED) is 0.770. The van der Waals surface area contributed by atoms with E-state index in [2.05, 4.69) is 5.32 Å². The molecule has 1 amide bonds. The molecular weight excluding hydrogens is 370 g/mol. The molecule has 2 aromatic carbocycles. The fourth-order valence-electron chi connectivity index (χ4n) is 3.73. The molecular formula is C23H25NO5. The van der Waals surface area contributed by atoms with Crippen molar-refractivity contribution in [1.82, 2.24) is 0 Å². The van der Waals surface area contributed by atoms with Gasteiger partial charge >= 0.3 is 5.97 Å². The summed E-state index contributed by atoms with van der Waals surface area (Å²) in [5.74, 6) is -0.0349. The molecule has 1 heterocycles. The zero-order valence-corrected chi connectivity index (χ0v) is 16.5. The van der Waals surface area contributed by atoms with Crippen molar-refractivity contribution in [3.05, 3.63) is 53.6 Å². The third-order valence-corrected chi connectivity index (χ3v) is 5.27. The molecule has 0 unspecified atom stereocenters. The number of anilines is 1. The molecule has 4 rings (SSSR count). The van der Waals surface area contributed by atoms with Crippen molar-refractivity contribution < 1.29 is 23.8 Å². The first-order chi connectivity index (χ1) is 14.0. The Morgan fingerprint density at radius 1 is 1.00 bits per heavy atom. The highest BCUT2D eigenvalue weighted by atomic mass is 16.7. The minimum atomic E-state index is -0.547. The molecule has 1 N–H and O–H groups in total. The highest BCUT2D eigenvalue weighted by Crippen LogP contribution is 2.46. The van der Waals surface area contributed by atoms with Crippen LogP contribution in [0.4, 0.5) is 5.69 Å². The zero-order valence-electron chi connectivity index (χ0n) is 16.5. The summed E-state index contributed by atoms with van der Waals surface area (Å²) in [6, 6.07) is 12.9. The summed E-state index contributed by atoms with van der Waals surface area (Å²) in [4.78, 5) is 24.1. The Balaban J connectivity index is 1.28. The molecule has 2 aliphatic rings. The maximum Gasteiger partial charge on any atom is 0.310 e. The normalized spacial score (nSPS) is 16.4. The second-order valence-electron chi connectivity index (χ2n) is 7.71. The van der Waals surface area contributed by atoms with E-state index in [9.17, 15) is 9.59 Å². The second kappa shape index (κ2) is 8.15. The van der Waals surface area contributed by atoms with Crippen molar-refractivity contribution in [1.29, 1.82) is 0 Å². The molecule has 1 aliphatic heterocycles. The van der Waals surface area contributed by atoms with Crippen LogP contribution in [0.25, 0.3) is 0 Å². The Kier molecular flexibility index (Phi) is 5.43. The molecule has 1 spiro atoms. The topological polar surface area (TPSA) is 73.9 Å². The van der Waals surface area contributed by atoms with Crippen molar-refractivity contribution in [3.8, 4) is 11.5 Å². The lowest BCUT2D eigenvalue weighted by atomic mass is 9.94. The van der Waals surface area contributed by atoms with E-state index in [1.54, 1.807) is 18.2 Å². The fraction of sp³-hybridized carbons (Fsp3) is 0.391. The Labute approximate surface area is 170 Å². The summed E-state index contributed by atoms with van der Waals surface area (Å²) in [7, 11) is 0. The number of hydrogen-bond acceptors (Lipinski definition) is 5. The third kappa shape index (κ3) is 4.70. The average molecular weight is 395 g/mol. The molecule has 152 valence electrons. The van der Waals surface area contributed by atoms with Gasteiger partial charge in [0.2, 0.25) is 0 Å². The number of carbonyl (C=O) groups excluding carboxylic acids is 2. The highest BCUT2D eigenvalue weighted by Gasteiger charge is 2.42. The van der Waals surface area contributed by atoms with E-state index in [1.807, 2.05) is 31.2 Å². The van der Waals surface area contributed by atoms with Crippen LogP contribution < -0.4 is 14.8 Å². The molecule has 29 heavy (non-hydrogen) atoms. The number of nitrogens with one attached hydrogen (secondary N) is 1. The van der Waals surface area contributed by atoms with Gasteiger partial charge in [-0.25, -0.2) is 0 Å². The minimum absolute atomic E-state index is 0.139. The van der Waals surface area contributed by atoms with Gasteiger partial charge in [-0.3, -0.25) is 9.59 Å². The summed E-state index contributed by atoms with van der Waals surface area (Å²) >= 11 is 0. The van der Waals surface area contributed by atoms with Gasteiger partial charge in [0.15, 0.2) is 18.1 Å². The summed E-state index contributed by atoms with van der Waals surface area (Å²) < 4.78 is 17.2. The number of amides is 1. The lowest BCUT2D eigenvalue weighted by molar-refractivity contribution is -0.146. The summed E-state index contributed by atoms with van der Waals surface area (Å²) in [6.45, 7) is 1.65. The van der Waals surface area contributed by atoms with Crippen molar-refractivity contribution in [2.75, 3.05) is 11.9 Å². The summed E-state index contributed by atoms with van der Waals surface area (Å²) in [6.07, 6.45) is 5.27. The maximum absolute atomic E-state index is 12.1. The Morgan fingerprint density at radius 3 is 2.48 bits per heavy atom. The van der Waals surface area contributed by atoms with Gasteiger partial charge in [-0.2, -0.15) is 0 Å². The Morgan fingerprint density at radius 2 is 1.72 bits per heavy atom. The lowest BCUT2D eigenvalue weighted by Gasteiger charge is -2.31. The van der Waals surface area contributed by atoms with Crippen molar-refractivity contribution >= 4 is 17.6 Å². The fourth-order valence-corrected chi connectivity index (χ4v) is 3.73. The maximum atomic E-state index is 12.1. The molecule has 1 saturated carbocycles. The number of aryl methyl sites for hydroxylation is 1. The first-order valence-corrected chi connectivity index (χ1v) is 10.0. The second-order valence-corrected chi connectivity index (χ2v) is 7.71. The van der Waals surface area contributed by atoms with Gasteiger partial charge in [0.25, 0.3) is 11.7 Å². The van der Waals surface area contributed by atoms with E-state index >= 15 is 0 Å². The number of fused-ring (bicyclic) bond motifs is 1. The molecule has 6 nitrogen and oxygen atoms in total. The number of esters is 1. The monoisotopic (exact) mass is 395 g/mol. The molecule has 1 aliphatic carbocycles. The molecule has 6 heteroatoms. The molecule has 0 aromatic heterocycles. The van der Waals surface area contributed by atoms with E-state index in [0.29, 0.717) is 17.2 Å². The van der Waals surface area contributed by atoms with Crippen LogP contribution in [0.15, 0.2) is 42.5 Å². The molecule has 0 radical (unpaired) electrons. The number of carbonyl (C=O) groups is 2. The molecule has 1 fully saturated rings. The van der Waals surface area contributed by atoms with Gasteiger partial charge < -0.3 is 19.5 Å². The SMILES string of the molecule is Cc1ccc(CC(=O)OCC(=O)Nc2ccc3c(c2)OC2(CCCCC2)O3)cc1. The Bertz CT molecular complexity index is 900. The number of rotatable bonds is 5. The van der Waals surface area contributed by atoms with Crippen molar-refractivity contribution in [2.45, 2.75) is 51.2 Å². The largest absolute Gasteiger partial charge is 0.455 e. The smallest absolute Gasteiger partial charge is 0.310 e. The van der Waals surface area contributed by atoms with E-state index in [1.165, 1.54) is 6.42 Å². The highest BCUT2D eigenvalue weighted by molar-refractivity contribution is 5.93. The van der Waals surface area contributed by atoms with Crippen LogP contribution in [0.1, 0.15) is 43.2 Å². The van der Waals surface area contributed by atoms with E-state index in [0.717, 1.165) is 36.8 Å². The van der Waals surface area contributed by atoms with Crippen molar-refractivity contribution in [2.24, 2.45) is 0 Å². The van der Waals surface area contributed by atoms with Crippen LogP contribution in [0.3, 0.4) is 0 Å². The van der Waals surface area contributed by atoms with Crippen LogP contribution in [0, 0.1) is 6.92 Å². The first kappa shape index (κ1) is 19.3. The van der Waals surface area contributed by atoms with Crippen LogP contribution >= 0.6 is 0 Å². The number of ether oxygens (including phenoxy) is 3. The predicted octanol–water partition coefficient (Wildman–Crippen LogP) is 4.15. The van der Waals surface area contributed by atoms with E-state index in [-0.39, 0.29) is 13.0 Å². The van der Waals surface area contributed by atoms with Gasteiger partial charge in [0.05, 0.1) is 6.42 Å². The third-order valence-electron chi connectivity index (χ3n) is 5.27. The van der Waals surface area contributed by atoms with Crippen LogP contribution in [-0.2, 0) is 20.7 Å².